The monoisotopic (exact) mass is 478 g/mol. The molecule has 0 aliphatic rings. The standard InChI is InChI=1S/C20H22N4O2.HI/c1-4-15-6-5-7-17(12-15)24-19(25)14-23-20(21-2)22-13-16-8-10-18(26-3)11-9-16;/h1,5-12H,13-14H2,2-3H3,(H,24,25)(H2,21,22,23);1H. The van der Waals surface area contributed by atoms with Crippen LogP contribution in [-0.2, 0) is 11.3 Å². The van der Waals surface area contributed by atoms with Gasteiger partial charge in [-0.25, -0.2) is 0 Å². The first-order valence-corrected chi connectivity index (χ1v) is 8.08. The van der Waals surface area contributed by atoms with Gasteiger partial charge < -0.3 is 20.7 Å². The van der Waals surface area contributed by atoms with Crippen molar-refractivity contribution in [3.8, 4) is 18.1 Å². The molecule has 0 saturated carbocycles. The number of rotatable bonds is 6. The second-order valence-electron chi connectivity index (χ2n) is 5.40. The van der Waals surface area contributed by atoms with Gasteiger partial charge in [0.2, 0.25) is 5.91 Å². The van der Waals surface area contributed by atoms with E-state index in [1.807, 2.05) is 24.3 Å². The third kappa shape index (κ3) is 7.58. The summed E-state index contributed by atoms with van der Waals surface area (Å²) in [7, 11) is 3.28. The van der Waals surface area contributed by atoms with E-state index in [2.05, 4.69) is 26.9 Å². The van der Waals surface area contributed by atoms with Crippen molar-refractivity contribution in [3.05, 3.63) is 59.7 Å². The van der Waals surface area contributed by atoms with E-state index in [1.54, 1.807) is 38.4 Å². The molecule has 0 unspecified atom stereocenters. The van der Waals surface area contributed by atoms with Crippen LogP contribution in [0.15, 0.2) is 53.5 Å². The number of carbonyl (C=O) groups excluding carboxylic acids is 1. The van der Waals surface area contributed by atoms with Gasteiger partial charge in [-0.2, -0.15) is 0 Å². The van der Waals surface area contributed by atoms with Gasteiger partial charge in [0.1, 0.15) is 5.75 Å². The number of anilines is 1. The molecule has 1 amide bonds. The minimum Gasteiger partial charge on any atom is -0.497 e. The number of nitrogens with one attached hydrogen (secondary N) is 3. The van der Waals surface area contributed by atoms with E-state index < -0.39 is 0 Å². The van der Waals surface area contributed by atoms with Gasteiger partial charge in [0.15, 0.2) is 5.96 Å². The van der Waals surface area contributed by atoms with Crippen LogP contribution in [0, 0.1) is 12.3 Å². The van der Waals surface area contributed by atoms with Crippen molar-refractivity contribution in [1.82, 2.24) is 10.6 Å². The van der Waals surface area contributed by atoms with Crippen molar-refractivity contribution in [2.24, 2.45) is 4.99 Å². The average Bonchev–Trinajstić information content (AvgIpc) is 2.68. The van der Waals surface area contributed by atoms with Crippen molar-refractivity contribution >= 4 is 41.5 Å². The first kappa shape index (κ1) is 22.3. The number of guanidine groups is 1. The summed E-state index contributed by atoms with van der Waals surface area (Å²) in [6.45, 7) is 0.665. The summed E-state index contributed by atoms with van der Waals surface area (Å²) in [6, 6.07) is 14.8. The van der Waals surface area contributed by atoms with E-state index in [1.165, 1.54) is 0 Å². The van der Waals surface area contributed by atoms with Gasteiger partial charge in [-0.3, -0.25) is 9.79 Å². The molecule has 142 valence electrons. The minimum atomic E-state index is -0.188. The molecular formula is C20H23IN4O2. The summed E-state index contributed by atoms with van der Waals surface area (Å²) in [5.41, 5.74) is 2.45. The Morgan fingerprint density at radius 2 is 1.93 bits per heavy atom. The summed E-state index contributed by atoms with van der Waals surface area (Å²) < 4.78 is 5.13. The average molecular weight is 478 g/mol. The van der Waals surface area contributed by atoms with Gasteiger partial charge in [0.05, 0.1) is 13.7 Å². The summed E-state index contributed by atoms with van der Waals surface area (Å²) in [6.07, 6.45) is 5.36. The van der Waals surface area contributed by atoms with Crippen LogP contribution in [0.25, 0.3) is 0 Å². The Balaban J connectivity index is 0.00000364. The zero-order chi connectivity index (χ0) is 18.8. The molecule has 0 saturated heterocycles. The van der Waals surface area contributed by atoms with Crippen LogP contribution in [-0.4, -0.2) is 32.6 Å². The number of benzene rings is 2. The summed E-state index contributed by atoms with van der Waals surface area (Å²) in [5, 5.41) is 8.91. The van der Waals surface area contributed by atoms with Crippen molar-refractivity contribution in [2.45, 2.75) is 6.54 Å². The topological polar surface area (TPSA) is 74.8 Å². The molecular weight excluding hydrogens is 455 g/mol. The molecule has 0 aliphatic heterocycles. The summed E-state index contributed by atoms with van der Waals surface area (Å²) in [4.78, 5) is 16.2. The van der Waals surface area contributed by atoms with Crippen LogP contribution in [0.2, 0.25) is 0 Å². The van der Waals surface area contributed by atoms with E-state index in [0.717, 1.165) is 11.3 Å². The largest absolute Gasteiger partial charge is 0.497 e. The Bertz CT molecular complexity index is 813. The number of carbonyl (C=O) groups is 1. The zero-order valence-corrected chi connectivity index (χ0v) is 17.6. The number of hydrogen-bond donors (Lipinski definition) is 3. The molecule has 0 fully saturated rings. The van der Waals surface area contributed by atoms with Crippen LogP contribution >= 0.6 is 24.0 Å². The first-order chi connectivity index (χ1) is 12.6. The lowest BCUT2D eigenvalue weighted by atomic mass is 10.2. The van der Waals surface area contributed by atoms with Gasteiger partial charge in [-0.1, -0.05) is 24.1 Å². The number of methoxy groups -OCH3 is 1. The van der Waals surface area contributed by atoms with E-state index >= 15 is 0 Å². The molecule has 3 N–H and O–H groups in total. The van der Waals surface area contributed by atoms with Crippen LogP contribution in [0.3, 0.4) is 0 Å². The highest BCUT2D eigenvalue weighted by atomic mass is 127. The molecule has 2 rings (SSSR count). The Kier molecular flexibility index (Phi) is 9.75. The molecule has 0 heterocycles. The van der Waals surface area contributed by atoms with Crippen molar-refractivity contribution in [1.29, 1.82) is 0 Å². The van der Waals surface area contributed by atoms with E-state index in [0.29, 0.717) is 23.8 Å². The molecule has 0 atom stereocenters. The Morgan fingerprint density at radius 3 is 2.56 bits per heavy atom. The van der Waals surface area contributed by atoms with Gasteiger partial charge in [0.25, 0.3) is 0 Å². The quantitative estimate of drug-likeness (QED) is 0.258. The van der Waals surface area contributed by atoms with Gasteiger partial charge in [-0.05, 0) is 35.9 Å². The third-order valence-corrected chi connectivity index (χ3v) is 3.57. The minimum absolute atomic E-state index is 0. The molecule has 0 radical (unpaired) electrons. The zero-order valence-electron chi connectivity index (χ0n) is 15.3. The molecule has 27 heavy (non-hydrogen) atoms. The Morgan fingerprint density at radius 1 is 1.19 bits per heavy atom. The number of halogens is 1. The van der Waals surface area contributed by atoms with Crippen LogP contribution < -0.4 is 20.7 Å². The molecule has 0 bridgehead atoms. The number of hydrogen-bond acceptors (Lipinski definition) is 3. The predicted molar refractivity (Wildman–Crippen MR) is 120 cm³/mol. The fourth-order valence-corrected chi connectivity index (χ4v) is 2.21. The molecule has 7 heteroatoms. The molecule has 2 aromatic rings. The van der Waals surface area contributed by atoms with E-state index in [4.69, 9.17) is 11.2 Å². The lowest BCUT2D eigenvalue weighted by molar-refractivity contribution is -0.115. The van der Waals surface area contributed by atoms with Crippen LogP contribution in [0.5, 0.6) is 5.75 Å². The normalized spacial score (nSPS) is 10.2. The third-order valence-electron chi connectivity index (χ3n) is 3.57. The van der Waals surface area contributed by atoms with Crippen molar-refractivity contribution in [3.63, 3.8) is 0 Å². The Hall–Kier alpha value is -2.73. The number of aliphatic imine (C=N–C) groups is 1. The number of terminal acetylenes is 1. The lowest BCUT2D eigenvalue weighted by Crippen LogP contribution is -2.41. The fraction of sp³-hybridized carbons (Fsp3) is 0.200. The molecule has 0 spiro atoms. The van der Waals surface area contributed by atoms with E-state index in [9.17, 15) is 4.79 Å². The highest BCUT2D eigenvalue weighted by molar-refractivity contribution is 14.0. The first-order valence-electron chi connectivity index (χ1n) is 8.08. The van der Waals surface area contributed by atoms with Gasteiger partial charge >= 0.3 is 0 Å². The SMILES string of the molecule is C#Cc1cccc(NC(=O)CNC(=NC)NCc2ccc(OC)cc2)c1.I. The number of nitrogens with zero attached hydrogens (tertiary/aromatic N) is 1. The molecule has 2 aromatic carbocycles. The van der Waals surface area contributed by atoms with E-state index in [-0.39, 0.29) is 36.4 Å². The van der Waals surface area contributed by atoms with Crippen LogP contribution in [0.4, 0.5) is 5.69 Å². The summed E-state index contributed by atoms with van der Waals surface area (Å²) >= 11 is 0. The highest BCUT2D eigenvalue weighted by Crippen LogP contribution is 2.11. The number of ether oxygens (including phenoxy) is 1. The predicted octanol–water partition coefficient (Wildman–Crippen LogP) is 2.60. The van der Waals surface area contributed by atoms with Gasteiger partial charge in [-0.15, -0.1) is 30.4 Å². The fourth-order valence-electron chi connectivity index (χ4n) is 2.21. The highest BCUT2D eigenvalue weighted by Gasteiger charge is 2.05. The molecule has 0 aliphatic carbocycles. The maximum atomic E-state index is 12.1. The maximum Gasteiger partial charge on any atom is 0.243 e. The van der Waals surface area contributed by atoms with Crippen molar-refractivity contribution in [2.75, 3.05) is 26.0 Å². The summed E-state index contributed by atoms with van der Waals surface area (Å²) in [5.74, 6) is 3.69. The second kappa shape index (κ2) is 11.8. The van der Waals surface area contributed by atoms with Gasteiger partial charge in [0, 0.05) is 24.8 Å². The van der Waals surface area contributed by atoms with Crippen molar-refractivity contribution < 1.29 is 9.53 Å². The Labute approximate surface area is 176 Å². The molecule has 6 nitrogen and oxygen atoms in total. The van der Waals surface area contributed by atoms with Crippen LogP contribution in [0.1, 0.15) is 11.1 Å². The lowest BCUT2D eigenvalue weighted by Gasteiger charge is -2.12. The maximum absolute atomic E-state index is 12.1. The molecule has 0 aromatic heterocycles. The smallest absolute Gasteiger partial charge is 0.243 e. The second-order valence-corrected chi connectivity index (χ2v) is 5.40. The number of amides is 1.